The molecule has 3 nitrogen and oxygen atoms in total. The molecule has 1 rings (SSSR count). The van der Waals surface area contributed by atoms with Crippen LogP contribution in [0.5, 0.6) is 0 Å². The zero-order valence-corrected chi connectivity index (χ0v) is 5.87. The molecule has 0 radical (unpaired) electrons. The van der Waals surface area contributed by atoms with Crippen molar-refractivity contribution in [2.24, 2.45) is 0 Å². The molecular formula is C8H13NO2. The number of rotatable bonds is 3. The fraction of sp³-hybridized carbons (Fsp3) is 0.500. The van der Waals surface area contributed by atoms with E-state index in [0.717, 1.165) is 0 Å². The summed E-state index contributed by atoms with van der Waals surface area (Å²) in [7, 11) is 0. The van der Waals surface area contributed by atoms with Crippen molar-refractivity contribution in [3.05, 3.63) is 23.7 Å². The summed E-state index contributed by atoms with van der Waals surface area (Å²) in [6.07, 6.45) is 0. The van der Waals surface area contributed by atoms with E-state index in [9.17, 15) is 0 Å². The maximum Gasteiger partial charge on any atom is 0.129 e. The Bertz CT molecular complexity index is 355. The van der Waals surface area contributed by atoms with Crippen molar-refractivity contribution in [2.75, 3.05) is 14.0 Å². The first kappa shape index (κ1) is 3.29. The molecule has 1 aromatic heterocycles. The third-order valence-corrected chi connectivity index (χ3v) is 1.19. The van der Waals surface area contributed by atoms with Crippen molar-refractivity contribution >= 4 is 0 Å². The molecule has 1 N–H and O–H groups in total. The van der Waals surface area contributed by atoms with Crippen LogP contribution in [0.3, 0.4) is 0 Å². The van der Waals surface area contributed by atoms with Gasteiger partial charge in [0.2, 0.25) is 0 Å². The van der Waals surface area contributed by atoms with Gasteiger partial charge in [-0.1, -0.05) is 0 Å². The monoisotopic (exact) mass is 161 g/mol. The van der Waals surface area contributed by atoms with E-state index in [1.165, 1.54) is 12.1 Å². The number of aliphatic hydroxyl groups excluding tert-OH is 1. The molecule has 0 aliphatic rings. The number of hydrogen-bond acceptors (Lipinski definition) is 3. The van der Waals surface area contributed by atoms with Gasteiger partial charge in [-0.15, -0.1) is 0 Å². The second-order valence-corrected chi connectivity index (χ2v) is 2.11. The van der Waals surface area contributed by atoms with E-state index < -0.39 is 14.0 Å². The van der Waals surface area contributed by atoms with Gasteiger partial charge in [0.05, 0.1) is 6.54 Å². The van der Waals surface area contributed by atoms with Crippen LogP contribution in [0.25, 0.3) is 0 Å². The molecule has 0 bridgehead atoms. The van der Waals surface area contributed by atoms with Gasteiger partial charge in [0.15, 0.2) is 0 Å². The van der Waals surface area contributed by atoms with Crippen LogP contribution in [0.15, 0.2) is 16.5 Å². The Kier molecular flexibility index (Phi) is 1.06. The first-order valence-corrected chi connectivity index (χ1v) is 3.11. The summed E-state index contributed by atoms with van der Waals surface area (Å²) in [6, 6.07) is 2.91. The highest BCUT2D eigenvalue weighted by atomic mass is 16.4. The largest absolute Gasteiger partial charge is 0.462 e. The first-order valence-electron chi connectivity index (χ1n) is 6.11. The van der Waals surface area contributed by atoms with Crippen LogP contribution in [0.4, 0.5) is 0 Å². The molecule has 11 heavy (non-hydrogen) atoms. The Balaban J connectivity index is 2.87. The van der Waals surface area contributed by atoms with Gasteiger partial charge >= 0.3 is 0 Å². The van der Waals surface area contributed by atoms with E-state index in [0.29, 0.717) is 4.90 Å². The highest BCUT2D eigenvalue weighted by molar-refractivity contribution is 5.05. The summed E-state index contributed by atoms with van der Waals surface area (Å²) >= 11 is 0. The molecule has 0 aliphatic carbocycles. The van der Waals surface area contributed by atoms with E-state index in [2.05, 4.69) is 0 Å². The normalized spacial score (nSPS) is 21.3. The summed E-state index contributed by atoms with van der Waals surface area (Å²) in [5.74, 6) is 0.442. The molecule has 62 valence electrons. The molecule has 0 unspecified atom stereocenters. The van der Waals surface area contributed by atoms with E-state index in [1.807, 2.05) is 0 Å². The van der Waals surface area contributed by atoms with E-state index in [4.69, 9.17) is 17.7 Å². The van der Waals surface area contributed by atoms with Crippen LogP contribution >= 0.6 is 0 Å². The summed E-state index contributed by atoms with van der Waals surface area (Å²) in [6.45, 7) is -6.16. The average molecular weight is 161 g/mol. The first-order chi connectivity index (χ1) is 7.64. The number of hydrogen-bond donors (Lipinski definition) is 1. The molecule has 0 aliphatic heterocycles. The van der Waals surface area contributed by atoms with E-state index in [1.54, 1.807) is 0 Å². The van der Waals surface area contributed by atoms with Gasteiger partial charge in [0, 0.05) is 8.22 Å². The lowest BCUT2D eigenvalue weighted by atomic mass is 10.4. The molecule has 1 aromatic rings. The quantitative estimate of drug-likeness (QED) is 0.713. The van der Waals surface area contributed by atoms with Gasteiger partial charge in [0.1, 0.15) is 18.1 Å². The summed E-state index contributed by atoms with van der Waals surface area (Å²) < 4.78 is 48.0. The summed E-state index contributed by atoms with van der Waals surface area (Å²) in [5.41, 5.74) is 0. The number of nitrogens with zero attached hydrogens (tertiary/aromatic N) is 1. The molecule has 0 aromatic carbocycles. The molecule has 0 amide bonds. The second kappa shape index (κ2) is 3.55. The minimum atomic E-state index is -2.74. The maximum atomic E-state index is 8.78. The lowest BCUT2D eigenvalue weighted by Gasteiger charge is -2.05. The van der Waals surface area contributed by atoms with E-state index in [-0.39, 0.29) is 24.7 Å². The predicted octanol–water partition coefficient (Wildman–Crippen LogP) is 0.833. The SMILES string of the molecule is [2H]C([2H])([2H])N(Cc1ccc(CO)o1)C([2H])([2H])[2H]. The Morgan fingerprint density at radius 2 is 2.27 bits per heavy atom. The topological polar surface area (TPSA) is 36.6 Å². The van der Waals surface area contributed by atoms with Gasteiger partial charge in [-0.2, -0.15) is 0 Å². The van der Waals surface area contributed by atoms with Gasteiger partial charge < -0.3 is 14.4 Å². The predicted molar refractivity (Wildman–Crippen MR) is 42.0 cm³/mol. The zero-order valence-electron chi connectivity index (χ0n) is 11.9. The zero-order chi connectivity index (χ0) is 13.3. The van der Waals surface area contributed by atoms with Crippen LogP contribution in [-0.2, 0) is 13.2 Å². The average Bonchev–Trinajstić information content (AvgIpc) is 2.58. The van der Waals surface area contributed by atoms with Crippen LogP contribution < -0.4 is 0 Å². The minimum absolute atomic E-state index is 0.182. The Morgan fingerprint density at radius 1 is 1.55 bits per heavy atom. The van der Waals surface area contributed by atoms with Crippen molar-refractivity contribution in [2.45, 2.75) is 13.2 Å². The summed E-state index contributed by atoms with van der Waals surface area (Å²) in [5, 5.41) is 8.78. The lowest BCUT2D eigenvalue weighted by Crippen LogP contribution is -2.09. The molecule has 3 heteroatoms. The maximum absolute atomic E-state index is 8.78. The Morgan fingerprint density at radius 3 is 2.82 bits per heavy atom. The smallest absolute Gasteiger partial charge is 0.129 e. The number of furan rings is 1. The molecular weight excluding hydrogens is 142 g/mol. The Hall–Kier alpha value is -0.800. The van der Waals surface area contributed by atoms with Crippen LogP contribution in [0.2, 0.25) is 0 Å². The van der Waals surface area contributed by atoms with Crippen molar-refractivity contribution in [3.8, 4) is 0 Å². The highest BCUT2D eigenvalue weighted by Gasteiger charge is 2.00. The van der Waals surface area contributed by atoms with E-state index >= 15 is 0 Å². The fourth-order valence-electron chi connectivity index (χ4n) is 0.748. The van der Waals surface area contributed by atoms with Crippen molar-refractivity contribution < 1.29 is 17.7 Å². The van der Waals surface area contributed by atoms with Crippen molar-refractivity contribution in [1.29, 1.82) is 0 Å². The van der Waals surface area contributed by atoms with Crippen LogP contribution in [0.1, 0.15) is 19.7 Å². The van der Waals surface area contributed by atoms with Crippen molar-refractivity contribution in [3.63, 3.8) is 0 Å². The van der Waals surface area contributed by atoms with Gasteiger partial charge in [0.25, 0.3) is 0 Å². The van der Waals surface area contributed by atoms with Crippen LogP contribution in [0, 0.1) is 0 Å². The standard InChI is InChI=1S/C8H13NO2/c1-9(2)5-7-3-4-8(6-10)11-7/h3-4,10H,5-6H2,1-2H3/i1D3,2D3. The number of aliphatic hydroxyl groups is 1. The van der Waals surface area contributed by atoms with Gasteiger partial charge in [-0.25, -0.2) is 0 Å². The highest BCUT2D eigenvalue weighted by Crippen LogP contribution is 2.08. The minimum Gasteiger partial charge on any atom is -0.462 e. The van der Waals surface area contributed by atoms with Crippen molar-refractivity contribution in [1.82, 2.24) is 4.90 Å². The summed E-state index contributed by atoms with van der Waals surface area (Å²) in [4.78, 5) is 0.389. The molecule has 0 saturated carbocycles. The Labute approximate surface area is 74.7 Å². The third-order valence-electron chi connectivity index (χ3n) is 1.19. The molecule has 0 atom stereocenters. The molecule has 0 saturated heterocycles. The van der Waals surface area contributed by atoms with Crippen LogP contribution in [-0.4, -0.2) is 24.0 Å². The fourth-order valence-corrected chi connectivity index (χ4v) is 0.748. The third kappa shape index (κ3) is 2.37. The molecule has 0 spiro atoms. The van der Waals surface area contributed by atoms with Gasteiger partial charge in [-0.3, -0.25) is 0 Å². The van der Waals surface area contributed by atoms with Gasteiger partial charge in [-0.05, 0) is 26.1 Å². The second-order valence-electron chi connectivity index (χ2n) is 2.11. The molecule has 0 fully saturated rings. The molecule has 1 heterocycles. The lowest BCUT2D eigenvalue weighted by molar-refractivity contribution is 0.237.